The van der Waals surface area contributed by atoms with Gasteiger partial charge in [-0.1, -0.05) is 38.1 Å². The molecule has 3 N–H and O–H groups in total. The van der Waals surface area contributed by atoms with Crippen LogP contribution in [0.2, 0.25) is 0 Å². The fourth-order valence-corrected chi connectivity index (χ4v) is 2.44. The molecule has 0 atom stereocenters. The van der Waals surface area contributed by atoms with Crippen LogP contribution in [0.5, 0.6) is 0 Å². The lowest BCUT2D eigenvalue weighted by Crippen LogP contribution is -1.99. The zero-order chi connectivity index (χ0) is 13.4. The second-order valence-electron chi connectivity index (χ2n) is 5.70. The van der Waals surface area contributed by atoms with Crippen LogP contribution in [0.25, 0.3) is 11.4 Å². The molecule has 1 saturated carbocycles. The maximum absolute atomic E-state index is 5.80. The average molecular weight is 255 g/mol. The lowest BCUT2D eigenvalue weighted by molar-refractivity contribution is 0.867. The maximum atomic E-state index is 5.80. The third-order valence-electron chi connectivity index (χ3n) is 3.83. The second-order valence-corrected chi connectivity index (χ2v) is 5.70. The van der Waals surface area contributed by atoms with Gasteiger partial charge in [0.1, 0.15) is 5.82 Å². The van der Waals surface area contributed by atoms with Crippen LogP contribution in [0.1, 0.15) is 55.5 Å². The topological polar surface area (TPSA) is 54.7 Å². The summed E-state index contributed by atoms with van der Waals surface area (Å²) in [6.07, 6.45) is 2.51. The van der Waals surface area contributed by atoms with Crippen molar-refractivity contribution in [3.05, 3.63) is 41.2 Å². The molecule has 1 aliphatic rings. The molecular weight excluding hydrogens is 234 g/mol. The summed E-state index contributed by atoms with van der Waals surface area (Å²) in [5.41, 5.74) is 10.6. The molecule has 3 rings (SSSR count). The van der Waals surface area contributed by atoms with Gasteiger partial charge in [0.2, 0.25) is 0 Å². The minimum Gasteiger partial charge on any atom is -0.341 e. The number of benzene rings is 1. The van der Waals surface area contributed by atoms with Crippen LogP contribution >= 0.6 is 0 Å². The Labute approximate surface area is 114 Å². The summed E-state index contributed by atoms with van der Waals surface area (Å²) in [4.78, 5) is 8.13. The smallest absolute Gasteiger partial charge is 0.137 e. The van der Waals surface area contributed by atoms with Gasteiger partial charge >= 0.3 is 0 Å². The third kappa shape index (κ3) is 2.43. The van der Waals surface area contributed by atoms with Crippen molar-refractivity contribution in [3.63, 3.8) is 0 Å². The van der Waals surface area contributed by atoms with E-state index in [1.165, 1.54) is 24.1 Å². The van der Waals surface area contributed by atoms with Crippen LogP contribution in [0.3, 0.4) is 0 Å². The Hall–Kier alpha value is -1.61. The first-order valence-corrected chi connectivity index (χ1v) is 7.08. The summed E-state index contributed by atoms with van der Waals surface area (Å²) in [6.45, 7) is 4.96. The predicted octanol–water partition coefficient (Wildman–Crippen LogP) is 3.54. The van der Waals surface area contributed by atoms with E-state index in [1.807, 2.05) is 0 Å². The predicted molar refractivity (Wildman–Crippen MR) is 78.0 cm³/mol. The molecule has 1 heterocycles. The summed E-state index contributed by atoms with van der Waals surface area (Å²) in [5.74, 6) is 2.16. The van der Waals surface area contributed by atoms with Gasteiger partial charge < -0.3 is 10.7 Å². The minimum atomic E-state index is 0.545. The van der Waals surface area contributed by atoms with E-state index in [-0.39, 0.29) is 0 Å². The first kappa shape index (κ1) is 12.4. The minimum absolute atomic E-state index is 0.545. The molecule has 1 aromatic carbocycles. The van der Waals surface area contributed by atoms with Gasteiger partial charge in [-0.15, -0.1) is 0 Å². The Morgan fingerprint density at radius 3 is 2.47 bits per heavy atom. The van der Waals surface area contributed by atoms with Crippen molar-refractivity contribution in [2.75, 3.05) is 0 Å². The van der Waals surface area contributed by atoms with E-state index in [0.717, 1.165) is 17.1 Å². The van der Waals surface area contributed by atoms with Crippen molar-refractivity contribution < 1.29 is 0 Å². The van der Waals surface area contributed by atoms with Crippen molar-refractivity contribution in [1.29, 1.82) is 0 Å². The summed E-state index contributed by atoms with van der Waals surface area (Å²) in [6, 6.07) is 8.65. The van der Waals surface area contributed by atoms with Crippen molar-refractivity contribution in [1.82, 2.24) is 9.97 Å². The summed E-state index contributed by atoms with van der Waals surface area (Å²) in [7, 11) is 0. The number of H-pyrrole nitrogens is 1. The molecule has 3 heteroatoms. The monoisotopic (exact) mass is 255 g/mol. The van der Waals surface area contributed by atoms with Gasteiger partial charge in [0.15, 0.2) is 0 Å². The average Bonchev–Trinajstić information content (AvgIpc) is 3.18. The number of aromatic nitrogens is 2. The number of hydrogen-bond donors (Lipinski definition) is 2. The van der Waals surface area contributed by atoms with E-state index in [4.69, 9.17) is 10.7 Å². The van der Waals surface area contributed by atoms with Gasteiger partial charge in [-0.2, -0.15) is 0 Å². The van der Waals surface area contributed by atoms with Gasteiger partial charge in [0.05, 0.1) is 11.4 Å². The molecule has 0 aliphatic heterocycles. The fraction of sp³-hybridized carbons (Fsp3) is 0.438. The number of hydrogen-bond acceptors (Lipinski definition) is 2. The standard InChI is InChI=1S/C16H21N3/c1-10(2)11-3-7-13(8-4-11)16-18-14(9-17)15(19-16)12-5-6-12/h3-4,7-8,10,12H,5-6,9,17H2,1-2H3,(H,18,19). The van der Waals surface area contributed by atoms with Crippen LogP contribution in [0, 0.1) is 0 Å². The number of nitrogens with zero attached hydrogens (tertiary/aromatic N) is 1. The Morgan fingerprint density at radius 2 is 1.95 bits per heavy atom. The van der Waals surface area contributed by atoms with E-state index in [9.17, 15) is 0 Å². The Morgan fingerprint density at radius 1 is 1.26 bits per heavy atom. The van der Waals surface area contributed by atoms with Crippen LogP contribution in [-0.2, 0) is 6.54 Å². The molecule has 0 radical (unpaired) electrons. The number of imidazole rings is 1. The van der Waals surface area contributed by atoms with Crippen molar-refractivity contribution in [2.24, 2.45) is 5.73 Å². The van der Waals surface area contributed by atoms with Crippen LogP contribution in [0.4, 0.5) is 0 Å². The number of rotatable bonds is 4. The first-order chi connectivity index (χ1) is 9.19. The lowest BCUT2D eigenvalue weighted by atomic mass is 10.0. The van der Waals surface area contributed by atoms with Gasteiger partial charge in [0.25, 0.3) is 0 Å². The molecule has 1 aliphatic carbocycles. The zero-order valence-electron chi connectivity index (χ0n) is 11.6. The van der Waals surface area contributed by atoms with E-state index in [2.05, 4.69) is 43.1 Å². The molecule has 19 heavy (non-hydrogen) atoms. The van der Waals surface area contributed by atoms with E-state index in [1.54, 1.807) is 0 Å². The third-order valence-corrected chi connectivity index (χ3v) is 3.83. The molecule has 0 bridgehead atoms. The molecule has 1 aromatic heterocycles. The normalized spacial score (nSPS) is 15.2. The fourth-order valence-electron chi connectivity index (χ4n) is 2.44. The summed E-state index contributed by atoms with van der Waals surface area (Å²) in [5, 5.41) is 0. The molecule has 3 nitrogen and oxygen atoms in total. The van der Waals surface area contributed by atoms with Crippen LogP contribution in [-0.4, -0.2) is 9.97 Å². The highest BCUT2D eigenvalue weighted by molar-refractivity contribution is 5.57. The summed E-state index contributed by atoms with van der Waals surface area (Å²) >= 11 is 0. The maximum Gasteiger partial charge on any atom is 0.137 e. The first-order valence-electron chi connectivity index (χ1n) is 7.08. The van der Waals surface area contributed by atoms with E-state index < -0.39 is 0 Å². The van der Waals surface area contributed by atoms with Gasteiger partial charge in [0, 0.05) is 18.0 Å². The highest BCUT2D eigenvalue weighted by Crippen LogP contribution is 2.41. The van der Waals surface area contributed by atoms with Gasteiger partial charge in [-0.25, -0.2) is 4.98 Å². The SMILES string of the molecule is CC(C)c1ccc(-c2nc(C3CC3)c(CN)[nH]2)cc1. The molecule has 100 valence electrons. The zero-order valence-corrected chi connectivity index (χ0v) is 11.6. The van der Waals surface area contributed by atoms with Crippen LogP contribution in [0.15, 0.2) is 24.3 Å². The van der Waals surface area contributed by atoms with Crippen LogP contribution < -0.4 is 5.73 Å². The van der Waals surface area contributed by atoms with E-state index >= 15 is 0 Å². The Balaban J connectivity index is 1.92. The molecule has 2 aromatic rings. The van der Waals surface area contributed by atoms with Crippen molar-refractivity contribution in [2.45, 2.75) is 45.1 Å². The molecule has 0 amide bonds. The summed E-state index contributed by atoms with van der Waals surface area (Å²) < 4.78 is 0. The number of aromatic amines is 1. The number of nitrogens with two attached hydrogens (primary N) is 1. The highest BCUT2D eigenvalue weighted by Gasteiger charge is 2.29. The molecule has 0 unspecified atom stereocenters. The molecule has 0 spiro atoms. The Kier molecular flexibility index (Phi) is 3.15. The molecule has 1 fully saturated rings. The highest BCUT2D eigenvalue weighted by atomic mass is 15.0. The van der Waals surface area contributed by atoms with Crippen molar-refractivity contribution in [3.8, 4) is 11.4 Å². The largest absolute Gasteiger partial charge is 0.341 e. The second kappa shape index (κ2) is 4.82. The molecular formula is C16H21N3. The molecule has 0 saturated heterocycles. The Bertz CT molecular complexity index is 562. The van der Waals surface area contributed by atoms with Gasteiger partial charge in [-0.05, 0) is 24.3 Å². The van der Waals surface area contributed by atoms with Gasteiger partial charge in [-0.3, -0.25) is 0 Å². The van der Waals surface area contributed by atoms with E-state index in [0.29, 0.717) is 18.4 Å². The lowest BCUT2D eigenvalue weighted by Gasteiger charge is -2.05. The number of nitrogens with one attached hydrogen (secondary N) is 1. The quantitative estimate of drug-likeness (QED) is 0.878. The van der Waals surface area contributed by atoms with Crippen molar-refractivity contribution >= 4 is 0 Å².